The molecular weight excluding hydrogens is 893 g/mol. The molecule has 3 aromatic carbocycles. The van der Waals surface area contributed by atoms with E-state index in [0.717, 1.165) is 54.4 Å². The van der Waals surface area contributed by atoms with Crippen LogP contribution in [0.1, 0.15) is 40.7 Å². The van der Waals surface area contributed by atoms with Gasteiger partial charge in [0.1, 0.15) is 40.1 Å². The van der Waals surface area contributed by atoms with Crippen molar-refractivity contribution in [2.24, 2.45) is 0 Å². The second-order valence-electron chi connectivity index (χ2n) is 14.1. The van der Waals surface area contributed by atoms with E-state index in [1.54, 1.807) is 12.1 Å². The first-order valence-electron chi connectivity index (χ1n) is 18.7. The number of hydrogen-bond donors (Lipinski definition) is 7. The molecule has 0 bridgehead atoms. The molecule has 1 saturated heterocycles. The van der Waals surface area contributed by atoms with Crippen LogP contribution in [0.25, 0.3) is 0 Å². The number of ether oxygens (including phenoxy) is 2. The van der Waals surface area contributed by atoms with Crippen molar-refractivity contribution in [1.29, 1.82) is 0 Å². The number of anilines is 4. The van der Waals surface area contributed by atoms with Gasteiger partial charge in [-0.25, -0.2) is 8.78 Å². The molecule has 14 nitrogen and oxygen atoms in total. The molecule has 0 amide bonds. The number of aliphatic hydroxyl groups excluding tert-OH is 2. The number of aryl methyl sites for hydroxylation is 1. The molecule has 23 heteroatoms. The van der Waals surface area contributed by atoms with Crippen LogP contribution in [0.4, 0.5) is 57.9 Å². The fourth-order valence-electron chi connectivity index (χ4n) is 7.33. The molecule has 0 spiro atoms. The average molecular weight is 931 g/mol. The SMILES string of the molecule is Cc1ccc(S(=O)(=O)O)cc1.O=CCC1(C(F)(F)F)c2cc(F)ccc2Nc2c1cc[nH]c2=O.O=c1[nH]ccc2c1Nc1ccc(F)cc1C2(CC1OCCO1)C(F)(F)F.OCCO. The van der Waals surface area contributed by atoms with E-state index in [1.807, 2.05) is 6.92 Å². The number of fused-ring (bicyclic) bond motifs is 4. The standard InChI is InChI=1S/C17H14F4N2O3.C15H10F4N2O2.C7H8O3S.C2H6O2/c18-9-1-2-12-11(7-9)16(17(19,20)21,8-13-25-5-6-26-13)10-3-4-22-15(24)14(10)23-12;16-8-1-2-11-10(7-8)14(4-6-22,15(17,18)19)9-3-5-20-13(23)12(9)21-11;1-6-2-4-7(5-3-6)11(8,9)10;3-1-2-4/h1-4,7,13,23H,5-6,8H2,(H,22,24);1-3,5-7,21H,4H2,(H,20,23);2-5H,1H3,(H,8,9,10);3-4H,1-2H2. The van der Waals surface area contributed by atoms with Gasteiger partial charge in [0.2, 0.25) is 0 Å². The van der Waals surface area contributed by atoms with Crippen molar-refractivity contribution in [1.82, 2.24) is 9.97 Å². The quantitative estimate of drug-likeness (QED) is 0.0559. The van der Waals surface area contributed by atoms with Gasteiger partial charge in [0.15, 0.2) is 6.29 Å². The van der Waals surface area contributed by atoms with Crippen LogP contribution < -0.4 is 21.8 Å². The Morgan fingerprint density at radius 2 is 1.14 bits per heavy atom. The molecule has 5 aromatic rings. The van der Waals surface area contributed by atoms with E-state index in [2.05, 4.69) is 20.6 Å². The predicted octanol–water partition coefficient (Wildman–Crippen LogP) is 6.40. The number of H-pyrrole nitrogens is 2. The Balaban J connectivity index is 0.000000185. The Kier molecular flexibility index (Phi) is 14.9. The van der Waals surface area contributed by atoms with E-state index in [0.29, 0.717) is 0 Å². The largest absolute Gasteiger partial charge is 0.402 e. The van der Waals surface area contributed by atoms with Crippen molar-refractivity contribution in [2.75, 3.05) is 37.1 Å². The first kappa shape index (κ1) is 49.0. The summed E-state index contributed by atoms with van der Waals surface area (Å²) in [6.07, 6.45) is -10.1. The highest BCUT2D eigenvalue weighted by atomic mass is 32.2. The van der Waals surface area contributed by atoms with Crippen LogP contribution >= 0.6 is 0 Å². The normalized spacial score (nSPS) is 18.6. The molecule has 8 rings (SSSR count). The Morgan fingerprint density at radius 1 is 0.703 bits per heavy atom. The number of carbonyl (C=O) groups is 1. The van der Waals surface area contributed by atoms with Crippen molar-refractivity contribution in [2.45, 2.75) is 54.1 Å². The Morgan fingerprint density at radius 3 is 1.55 bits per heavy atom. The number of alkyl halides is 6. The number of benzene rings is 3. The molecule has 3 aliphatic heterocycles. The number of aliphatic hydroxyl groups is 2. The summed E-state index contributed by atoms with van der Waals surface area (Å²) in [6, 6.07) is 14.2. The summed E-state index contributed by atoms with van der Waals surface area (Å²) in [6.45, 7) is 1.94. The van der Waals surface area contributed by atoms with E-state index in [1.165, 1.54) is 24.3 Å². The zero-order valence-electron chi connectivity index (χ0n) is 33.1. The summed E-state index contributed by atoms with van der Waals surface area (Å²) in [4.78, 5) is 39.7. The molecular formula is C41H38F8N4O10S. The minimum absolute atomic E-state index is 0.0194. The predicted molar refractivity (Wildman–Crippen MR) is 213 cm³/mol. The van der Waals surface area contributed by atoms with E-state index in [-0.39, 0.29) is 71.5 Å². The fourth-order valence-corrected chi connectivity index (χ4v) is 7.81. The van der Waals surface area contributed by atoms with Crippen molar-refractivity contribution >= 4 is 39.2 Å². The molecule has 1 fully saturated rings. The van der Waals surface area contributed by atoms with Gasteiger partial charge in [-0.1, -0.05) is 17.7 Å². The summed E-state index contributed by atoms with van der Waals surface area (Å²) in [5.41, 5.74) is -7.89. The first-order chi connectivity index (χ1) is 30.0. The zero-order valence-corrected chi connectivity index (χ0v) is 33.9. The maximum Gasteiger partial charge on any atom is 0.402 e. The monoisotopic (exact) mass is 930 g/mol. The summed E-state index contributed by atoms with van der Waals surface area (Å²) in [7, 11) is -4.02. The van der Waals surface area contributed by atoms with Crippen LogP contribution in [0.3, 0.4) is 0 Å². The lowest BCUT2D eigenvalue weighted by Crippen LogP contribution is -2.49. The maximum absolute atomic E-state index is 14.5. The van der Waals surface area contributed by atoms with Crippen LogP contribution in [0, 0.1) is 18.6 Å². The number of aromatic amines is 2. The number of aromatic nitrogens is 2. The van der Waals surface area contributed by atoms with E-state index in [4.69, 9.17) is 24.2 Å². The number of hydrogen-bond acceptors (Lipinski definition) is 11. The van der Waals surface area contributed by atoms with Crippen LogP contribution in [0.5, 0.6) is 0 Å². The van der Waals surface area contributed by atoms with E-state index >= 15 is 0 Å². The molecule has 2 unspecified atom stereocenters. The molecule has 0 aliphatic carbocycles. The van der Waals surface area contributed by atoms with Gasteiger partial charge < -0.3 is 45.1 Å². The van der Waals surface area contributed by atoms with Gasteiger partial charge in [0.25, 0.3) is 21.2 Å². The number of carbonyl (C=O) groups excluding carboxylic acids is 1. The highest BCUT2D eigenvalue weighted by molar-refractivity contribution is 7.85. The average Bonchev–Trinajstić information content (AvgIpc) is 3.74. The van der Waals surface area contributed by atoms with Gasteiger partial charge in [0.05, 0.1) is 31.3 Å². The fraction of sp³-hybridized carbons (Fsp3) is 0.293. The smallest absolute Gasteiger partial charge is 0.394 e. The Bertz CT molecular complexity index is 2690. The van der Waals surface area contributed by atoms with Gasteiger partial charge in [-0.3, -0.25) is 14.1 Å². The van der Waals surface area contributed by atoms with Crippen molar-refractivity contribution in [3.8, 4) is 0 Å². The third kappa shape index (κ3) is 9.88. The molecule has 3 aliphatic rings. The summed E-state index contributed by atoms with van der Waals surface area (Å²) in [5, 5.41) is 20.5. The highest BCUT2D eigenvalue weighted by Crippen LogP contribution is 2.57. The third-order valence-corrected chi connectivity index (χ3v) is 11.1. The number of pyridine rings is 2. The number of aldehydes is 1. The molecule has 7 N–H and O–H groups in total. The van der Waals surface area contributed by atoms with E-state index < -0.39 is 86.3 Å². The number of rotatable bonds is 6. The maximum atomic E-state index is 14.5. The van der Waals surface area contributed by atoms with Gasteiger partial charge in [-0.15, -0.1) is 0 Å². The van der Waals surface area contributed by atoms with Crippen molar-refractivity contribution < 1.29 is 72.6 Å². The molecule has 2 atom stereocenters. The van der Waals surface area contributed by atoms with Gasteiger partial charge in [0, 0.05) is 47.7 Å². The first-order valence-corrected chi connectivity index (χ1v) is 20.1. The number of halogens is 8. The zero-order chi connectivity index (χ0) is 47.3. The molecule has 344 valence electrons. The van der Waals surface area contributed by atoms with E-state index in [9.17, 15) is 57.9 Å². The van der Waals surface area contributed by atoms with Gasteiger partial charge >= 0.3 is 12.4 Å². The van der Waals surface area contributed by atoms with Crippen LogP contribution in [-0.4, -0.2) is 84.5 Å². The van der Waals surface area contributed by atoms with Crippen molar-refractivity contribution in [3.05, 3.63) is 145 Å². The Labute approximate surface area is 357 Å². The van der Waals surface area contributed by atoms with Gasteiger partial charge in [-0.2, -0.15) is 34.8 Å². The van der Waals surface area contributed by atoms with Gasteiger partial charge in [-0.05, 0) is 78.7 Å². The lowest BCUT2D eigenvalue weighted by atomic mass is 9.68. The van der Waals surface area contributed by atoms with Crippen molar-refractivity contribution in [3.63, 3.8) is 0 Å². The lowest BCUT2D eigenvalue weighted by Gasteiger charge is -2.42. The highest BCUT2D eigenvalue weighted by Gasteiger charge is 2.62. The number of nitrogens with one attached hydrogen (secondary N) is 4. The summed E-state index contributed by atoms with van der Waals surface area (Å²) >= 11 is 0. The summed E-state index contributed by atoms with van der Waals surface area (Å²) < 4.78 is 153. The second-order valence-corrected chi connectivity index (χ2v) is 15.5. The minimum atomic E-state index is -4.90. The third-order valence-electron chi connectivity index (χ3n) is 10.2. The van der Waals surface area contributed by atoms with Crippen LogP contribution in [0.2, 0.25) is 0 Å². The molecule has 5 heterocycles. The lowest BCUT2D eigenvalue weighted by molar-refractivity contribution is -0.197. The molecule has 2 aromatic heterocycles. The minimum Gasteiger partial charge on any atom is -0.394 e. The summed E-state index contributed by atoms with van der Waals surface area (Å²) in [5.74, 6) is -1.67. The molecule has 0 radical (unpaired) electrons. The molecule has 0 saturated carbocycles. The van der Waals surface area contributed by atoms with Crippen LogP contribution in [-0.2, 0) is 35.2 Å². The Hall–Kier alpha value is -5.98. The topological polar surface area (TPSA) is 220 Å². The second kappa shape index (κ2) is 19.4. The molecule has 64 heavy (non-hydrogen) atoms. The van der Waals surface area contributed by atoms with Crippen LogP contribution in [0.15, 0.2) is 99.7 Å².